The first-order valence-corrected chi connectivity index (χ1v) is 5.94. The Morgan fingerprint density at radius 3 is 2.05 bits per heavy atom. The number of hydrogen-bond donors (Lipinski definition) is 1. The smallest absolute Gasteiger partial charge is 0.405 e. The molecule has 0 saturated heterocycles. The van der Waals surface area contributed by atoms with Crippen molar-refractivity contribution in [1.82, 2.24) is 0 Å². The third kappa shape index (κ3) is 3.11. The van der Waals surface area contributed by atoms with Gasteiger partial charge in [0.05, 0.1) is 0 Å². The van der Waals surface area contributed by atoms with Crippen LogP contribution in [0.2, 0.25) is 0 Å². The van der Waals surface area contributed by atoms with Crippen LogP contribution < -0.4 is 4.74 Å². The molecule has 5 heteroatoms. The van der Waals surface area contributed by atoms with Crippen molar-refractivity contribution in [2.75, 3.05) is 0 Å². The number of para-hydroxylation sites is 1. The maximum Gasteiger partial charge on any atom is 0.573 e. The second kappa shape index (κ2) is 5.17. The third-order valence-corrected chi connectivity index (χ3v) is 2.97. The lowest BCUT2D eigenvalue weighted by atomic mass is 9.88. The maximum absolute atomic E-state index is 12.4. The molecule has 2 aromatic carbocycles. The van der Waals surface area contributed by atoms with Crippen molar-refractivity contribution in [2.24, 2.45) is 0 Å². The van der Waals surface area contributed by atoms with Crippen molar-refractivity contribution >= 4 is 0 Å². The lowest BCUT2D eigenvalue weighted by Gasteiger charge is -2.27. The molecular formula is C15H13F3O2. The number of rotatable bonds is 3. The molecule has 0 saturated carbocycles. The summed E-state index contributed by atoms with van der Waals surface area (Å²) in [7, 11) is 0. The molecule has 0 aliphatic carbocycles. The Morgan fingerprint density at radius 2 is 1.45 bits per heavy atom. The van der Waals surface area contributed by atoms with E-state index >= 15 is 0 Å². The predicted octanol–water partition coefficient (Wildman–Crippen LogP) is 3.84. The van der Waals surface area contributed by atoms with Gasteiger partial charge in [0.25, 0.3) is 0 Å². The van der Waals surface area contributed by atoms with Gasteiger partial charge in [-0.05, 0) is 18.6 Å². The lowest BCUT2D eigenvalue weighted by molar-refractivity contribution is -0.275. The van der Waals surface area contributed by atoms with Crippen LogP contribution in [0.25, 0.3) is 0 Å². The Bertz CT molecular complexity index is 577. The summed E-state index contributed by atoms with van der Waals surface area (Å²) in [4.78, 5) is 0. The fraction of sp³-hybridized carbons (Fsp3) is 0.200. The Balaban J connectivity index is 2.47. The van der Waals surface area contributed by atoms with Gasteiger partial charge in [0.1, 0.15) is 11.4 Å². The van der Waals surface area contributed by atoms with Crippen LogP contribution in [0.1, 0.15) is 18.1 Å². The Hall–Kier alpha value is -2.01. The topological polar surface area (TPSA) is 29.5 Å². The molecule has 20 heavy (non-hydrogen) atoms. The van der Waals surface area contributed by atoms with E-state index in [1.807, 2.05) is 0 Å². The highest BCUT2D eigenvalue weighted by atomic mass is 19.4. The van der Waals surface area contributed by atoms with Crippen LogP contribution in [0.5, 0.6) is 5.75 Å². The van der Waals surface area contributed by atoms with Crippen molar-refractivity contribution < 1.29 is 23.0 Å². The largest absolute Gasteiger partial charge is 0.573 e. The Kier molecular flexibility index (Phi) is 3.72. The molecule has 2 aromatic rings. The highest BCUT2D eigenvalue weighted by molar-refractivity contribution is 5.44. The summed E-state index contributed by atoms with van der Waals surface area (Å²) < 4.78 is 41.2. The standard InChI is InChI=1S/C15H13F3O2/c1-14(19,11-7-3-2-4-8-11)12-9-5-6-10-13(12)20-15(16,17)18/h2-10,19H,1H3. The van der Waals surface area contributed by atoms with Gasteiger partial charge in [-0.25, -0.2) is 0 Å². The minimum atomic E-state index is -4.80. The van der Waals surface area contributed by atoms with E-state index in [1.54, 1.807) is 36.4 Å². The first-order valence-electron chi connectivity index (χ1n) is 5.94. The summed E-state index contributed by atoms with van der Waals surface area (Å²) in [5.74, 6) is -0.408. The second-order valence-electron chi connectivity index (χ2n) is 4.48. The molecule has 0 aliphatic rings. The van der Waals surface area contributed by atoms with E-state index in [9.17, 15) is 18.3 Å². The number of hydrogen-bond acceptors (Lipinski definition) is 2. The van der Waals surface area contributed by atoms with Crippen LogP contribution in [0, 0.1) is 0 Å². The molecule has 0 aliphatic heterocycles. The number of benzene rings is 2. The molecule has 0 heterocycles. The molecule has 2 rings (SSSR count). The third-order valence-electron chi connectivity index (χ3n) is 2.97. The number of halogens is 3. The fourth-order valence-electron chi connectivity index (χ4n) is 2.00. The summed E-state index contributed by atoms with van der Waals surface area (Å²) in [6, 6.07) is 14.0. The van der Waals surface area contributed by atoms with Crippen LogP contribution in [0.4, 0.5) is 13.2 Å². The molecule has 0 amide bonds. The van der Waals surface area contributed by atoms with Gasteiger partial charge in [-0.2, -0.15) is 0 Å². The molecule has 0 radical (unpaired) electrons. The van der Waals surface area contributed by atoms with Crippen molar-refractivity contribution in [2.45, 2.75) is 18.9 Å². The van der Waals surface area contributed by atoms with Gasteiger partial charge in [-0.15, -0.1) is 13.2 Å². The van der Waals surface area contributed by atoms with Gasteiger partial charge >= 0.3 is 6.36 Å². The van der Waals surface area contributed by atoms with Crippen molar-refractivity contribution in [1.29, 1.82) is 0 Å². The van der Waals surface area contributed by atoms with Gasteiger partial charge in [-0.1, -0.05) is 48.5 Å². The minimum Gasteiger partial charge on any atom is -0.405 e. The van der Waals surface area contributed by atoms with Crippen LogP contribution in [-0.2, 0) is 5.60 Å². The number of aliphatic hydroxyl groups is 1. The molecule has 106 valence electrons. The fourth-order valence-corrected chi connectivity index (χ4v) is 2.00. The molecule has 0 aromatic heterocycles. The first kappa shape index (κ1) is 14.4. The van der Waals surface area contributed by atoms with Crippen molar-refractivity contribution in [3.8, 4) is 5.75 Å². The minimum absolute atomic E-state index is 0.0588. The molecule has 1 unspecified atom stereocenters. The molecule has 1 atom stereocenters. The second-order valence-corrected chi connectivity index (χ2v) is 4.48. The van der Waals surface area contributed by atoms with E-state index in [0.717, 1.165) is 0 Å². The molecule has 0 spiro atoms. The zero-order valence-electron chi connectivity index (χ0n) is 10.7. The van der Waals surface area contributed by atoms with Gasteiger partial charge in [-0.3, -0.25) is 0 Å². The highest BCUT2D eigenvalue weighted by Gasteiger charge is 2.35. The van der Waals surface area contributed by atoms with E-state index in [0.29, 0.717) is 5.56 Å². The van der Waals surface area contributed by atoms with Gasteiger partial charge in [0.15, 0.2) is 0 Å². The van der Waals surface area contributed by atoms with Crippen molar-refractivity contribution in [3.05, 3.63) is 65.7 Å². The van der Waals surface area contributed by atoms with Crippen LogP contribution >= 0.6 is 0 Å². The summed E-state index contributed by atoms with van der Waals surface area (Å²) >= 11 is 0. The van der Waals surface area contributed by atoms with E-state index < -0.39 is 17.7 Å². The average Bonchev–Trinajstić information content (AvgIpc) is 2.38. The van der Waals surface area contributed by atoms with Crippen LogP contribution in [0.3, 0.4) is 0 Å². The molecular weight excluding hydrogens is 269 g/mol. The Labute approximate surface area is 114 Å². The normalized spacial score (nSPS) is 14.7. The average molecular weight is 282 g/mol. The van der Waals surface area contributed by atoms with Crippen LogP contribution in [-0.4, -0.2) is 11.5 Å². The van der Waals surface area contributed by atoms with E-state index in [4.69, 9.17) is 0 Å². The van der Waals surface area contributed by atoms with Crippen LogP contribution in [0.15, 0.2) is 54.6 Å². The molecule has 0 fully saturated rings. The quantitative estimate of drug-likeness (QED) is 0.926. The summed E-state index contributed by atoms with van der Waals surface area (Å²) in [5.41, 5.74) is -1.04. The zero-order valence-corrected chi connectivity index (χ0v) is 10.7. The SMILES string of the molecule is CC(O)(c1ccccc1)c1ccccc1OC(F)(F)F. The van der Waals surface area contributed by atoms with E-state index in [-0.39, 0.29) is 5.56 Å². The summed E-state index contributed by atoms with van der Waals surface area (Å²) in [6.07, 6.45) is -4.80. The zero-order chi connectivity index (χ0) is 14.8. The lowest BCUT2D eigenvalue weighted by Crippen LogP contribution is -2.26. The van der Waals surface area contributed by atoms with E-state index in [1.165, 1.54) is 25.1 Å². The van der Waals surface area contributed by atoms with Crippen molar-refractivity contribution in [3.63, 3.8) is 0 Å². The van der Waals surface area contributed by atoms with Gasteiger partial charge in [0.2, 0.25) is 0 Å². The number of alkyl halides is 3. The van der Waals surface area contributed by atoms with Gasteiger partial charge in [0, 0.05) is 5.56 Å². The molecule has 1 N–H and O–H groups in total. The monoisotopic (exact) mass is 282 g/mol. The maximum atomic E-state index is 12.4. The van der Waals surface area contributed by atoms with E-state index in [2.05, 4.69) is 4.74 Å². The summed E-state index contributed by atoms with van der Waals surface area (Å²) in [5, 5.41) is 10.6. The Morgan fingerprint density at radius 1 is 0.900 bits per heavy atom. The number of ether oxygens (including phenoxy) is 1. The molecule has 2 nitrogen and oxygen atoms in total. The summed E-state index contributed by atoms with van der Waals surface area (Å²) in [6.45, 7) is 1.43. The molecule has 0 bridgehead atoms. The predicted molar refractivity (Wildman–Crippen MR) is 68.2 cm³/mol. The first-order chi connectivity index (χ1) is 9.31. The van der Waals surface area contributed by atoms with Gasteiger partial charge < -0.3 is 9.84 Å². The highest BCUT2D eigenvalue weighted by Crippen LogP contribution is 2.37.